The minimum atomic E-state index is -0.398. The van der Waals surface area contributed by atoms with Gasteiger partial charge < -0.3 is 9.42 Å². The summed E-state index contributed by atoms with van der Waals surface area (Å²) in [5, 5.41) is 5.53. The van der Waals surface area contributed by atoms with Crippen LogP contribution in [0.1, 0.15) is 11.5 Å². The van der Waals surface area contributed by atoms with Gasteiger partial charge in [0, 0.05) is 10.0 Å². The highest BCUT2D eigenvalue weighted by Crippen LogP contribution is 2.37. The molecule has 2 aromatic carbocycles. The van der Waals surface area contributed by atoms with Crippen LogP contribution in [0.2, 0.25) is 0 Å². The monoisotopic (exact) mass is 496 g/mol. The third-order valence-corrected chi connectivity index (χ3v) is 6.87. The number of carbonyl (C=O) groups is 2. The van der Waals surface area contributed by atoms with Crippen molar-refractivity contribution in [3.63, 3.8) is 0 Å². The molecule has 0 aliphatic carbocycles. The first-order valence-corrected chi connectivity index (χ1v) is 11.4. The Morgan fingerprint density at radius 1 is 1.16 bits per heavy atom. The van der Waals surface area contributed by atoms with E-state index in [0.29, 0.717) is 17.4 Å². The second-order valence-corrected chi connectivity index (χ2v) is 9.24. The van der Waals surface area contributed by atoms with Crippen LogP contribution in [0.5, 0.6) is 0 Å². The van der Waals surface area contributed by atoms with Crippen molar-refractivity contribution in [3.8, 4) is 11.4 Å². The number of imide groups is 1. The third-order valence-electron chi connectivity index (χ3n) is 5.28. The molecule has 1 aromatic heterocycles. The zero-order chi connectivity index (χ0) is 21.5. The van der Waals surface area contributed by atoms with Gasteiger partial charge in [0.05, 0.1) is 11.7 Å². The molecule has 1 saturated heterocycles. The maximum atomic E-state index is 13.4. The summed E-state index contributed by atoms with van der Waals surface area (Å²) in [6.45, 7) is 2.00. The second-order valence-electron chi connectivity index (χ2n) is 7.27. The zero-order valence-electron chi connectivity index (χ0n) is 16.4. The first-order valence-electron chi connectivity index (χ1n) is 9.64. The Morgan fingerprint density at radius 3 is 2.81 bits per heavy atom. The summed E-state index contributed by atoms with van der Waals surface area (Å²) in [5.74, 6) is 0.544. The Bertz CT molecular complexity index is 1210. The fourth-order valence-electron chi connectivity index (χ4n) is 3.76. The summed E-state index contributed by atoms with van der Waals surface area (Å²) >= 11 is 4.86. The summed E-state index contributed by atoms with van der Waals surface area (Å²) in [5.41, 5.74) is 2.25. The molecule has 3 aromatic rings. The van der Waals surface area contributed by atoms with Crippen LogP contribution in [0.3, 0.4) is 0 Å². The van der Waals surface area contributed by atoms with Gasteiger partial charge in [-0.25, -0.2) is 9.69 Å². The number of rotatable bonds is 4. The van der Waals surface area contributed by atoms with Gasteiger partial charge in [0.1, 0.15) is 11.8 Å². The molecule has 2 atom stereocenters. The maximum absolute atomic E-state index is 13.4. The van der Waals surface area contributed by atoms with E-state index in [-0.39, 0.29) is 18.5 Å². The lowest BCUT2D eigenvalue weighted by Gasteiger charge is -2.40. The van der Waals surface area contributed by atoms with E-state index < -0.39 is 11.3 Å². The van der Waals surface area contributed by atoms with Crippen molar-refractivity contribution < 1.29 is 14.1 Å². The largest absolute Gasteiger partial charge is 0.337 e. The van der Waals surface area contributed by atoms with E-state index in [0.717, 1.165) is 15.6 Å². The topological polar surface area (TPSA) is 79.5 Å². The molecule has 7 nitrogen and oxygen atoms in total. The molecule has 3 heterocycles. The number of fused-ring (bicyclic) bond motifs is 1. The van der Waals surface area contributed by atoms with Gasteiger partial charge in [-0.1, -0.05) is 57.5 Å². The van der Waals surface area contributed by atoms with E-state index in [9.17, 15) is 9.59 Å². The molecular weight excluding hydrogens is 480 g/mol. The molecule has 1 fully saturated rings. The SMILES string of the molecule is Cc1ccccc1N1C(=O)C2SC=CC2N(Cc2nc(-c3cccc(Br)c3)no2)C1=O. The highest BCUT2D eigenvalue weighted by molar-refractivity contribution is 9.10. The summed E-state index contributed by atoms with van der Waals surface area (Å²) < 4.78 is 6.35. The molecule has 0 saturated carbocycles. The second kappa shape index (κ2) is 7.97. The van der Waals surface area contributed by atoms with Crippen LogP contribution in [0.15, 0.2) is 69.0 Å². The van der Waals surface area contributed by atoms with Gasteiger partial charge in [0.2, 0.25) is 11.7 Å². The highest BCUT2D eigenvalue weighted by Gasteiger charge is 2.48. The number of aromatic nitrogens is 2. The molecule has 2 aliphatic heterocycles. The van der Waals surface area contributed by atoms with Gasteiger partial charge in [-0.15, -0.1) is 11.8 Å². The van der Waals surface area contributed by atoms with Crippen LogP contribution in [0.4, 0.5) is 10.5 Å². The number of benzene rings is 2. The van der Waals surface area contributed by atoms with Crippen LogP contribution in [-0.2, 0) is 11.3 Å². The molecule has 156 valence electrons. The molecule has 9 heteroatoms. The molecule has 5 rings (SSSR count). The van der Waals surface area contributed by atoms with Crippen LogP contribution < -0.4 is 4.90 Å². The fraction of sp³-hybridized carbons (Fsp3) is 0.182. The number of carbonyl (C=O) groups excluding carboxylic acids is 2. The Hall–Kier alpha value is -2.91. The molecule has 2 aliphatic rings. The van der Waals surface area contributed by atoms with Crippen molar-refractivity contribution in [2.45, 2.75) is 24.8 Å². The number of anilines is 1. The zero-order valence-corrected chi connectivity index (χ0v) is 18.8. The number of amides is 3. The van der Waals surface area contributed by atoms with Gasteiger partial charge >= 0.3 is 6.03 Å². The number of para-hydroxylation sites is 1. The van der Waals surface area contributed by atoms with Gasteiger partial charge in [-0.05, 0) is 36.1 Å². The van der Waals surface area contributed by atoms with E-state index in [4.69, 9.17) is 4.52 Å². The van der Waals surface area contributed by atoms with Gasteiger partial charge in [-0.2, -0.15) is 4.98 Å². The van der Waals surface area contributed by atoms with Crippen molar-refractivity contribution in [1.82, 2.24) is 15.0 Å². The maximum Gasteiger partial charge on any atom is 0.332 e. The van der Waals surface area contributed by atoms with Crippen LogP contribution in [0, 0.1) is 6.92 Å². The van der Waals surface area contributed by atoms with Gasteiger partial charge in [-0.3, -0.25) is 4.79 Å². The first kappa shape index (κ1) is 20.0. The smallest absolute Gasteiger partial charge is 0.332 e. The Kier molecular flexibility index (Phi) is 5.15. The molecule has 2 unspecified atom stereocenters. The van der Waals surface area contributed by atoms with E-state index in [1.165, 1.54) is 16.7 Å². The van der Waals surface area contributed by atoms with Crippen LogP contribution >= 0.6 is 27.7 Å². The fourth-order valence-corrected chi connectivity index (χ4v) is 5.20. The summed E-state index contributed by atoms with van der Waals surface area (Å²) in [6.07, 6.45) is 1.88. The number of nitrogens with zero attached hydrogens (tertiary/aromatic N) is 4. The quantitative estimate of drug-likeness (QED) is 0.517. The molecule has 31 heavy (non-hydrogen) atoms. The standard InChI is InChI=1S/C22H17BrN4O3S/c1-13-5-2-3-8-16(13)27-21(28)19-17(9-10-31-19)26(22(27)29)12-18-24-20(25-30-18)14-6-4-7-15(23)11-14/h2-11,17,19H,12H2,1H3. The van der Waals surface area contributed by atoms with E-state index in [2.05, 4.69) is 26.1 Å². The molecule has 0 spiro atoms. The minimum absolute atomic E-state index is 0.113. The number of halogens is 1. The van der Waals surface area contributed by atoms with E-state index in [1.807, 2.05) is 60.9 Å². The van der Waals surface area contributed by atoms with Gasteiger partial charge in [0.15, 0.2) is 0 Å². The van der Waals surface area contributed by atoms with Gasteiger partial charge in [0.25, 0.3) is 5.91 Å². The highest BCUT2D eigenvalue weighted by atomic mass is 79.9. The van der Waals surface area contributed by atoms with E-state index in [1.54, 1.807) is 11.0 Å². The van der Waals surface area contributed by atoms with Crippen LogP contribution in [0.25, 0.3) is 11.4 Å². The lowest BCUT2D eigenvalue weighted by molar-refractivity contribution is -0.119. The summed E-state index contributed by atoms with van der Waals surface area (Å²) in [4.78, 5) is 34.0. The number of hydrogen-bond donors (Lipinski definition) is 0. The van der Waals surface area contributed by atoms with Crippen LogP contribution in [-0.4, -0.2) is 38.3 Å². The van der Waals surface area contributed by atoms with Crippen molar-refractivity contribution in [1.29, 1.82) is 0 Å². The van der Waals surface area contributed by atoms with Crippen molar-refractivity contribution in [3.05, 3.63) is 75.9 Å². The number of thioether (sulfide) groups is 1. The average Bonchev–Trinajstić information content (AvgIpc) is 3.42. The lowest BCUT2D eigenvalue weighted by Crippen LogP contribution is -2.61. The van der Waals surface area contributed by atoms with E-state index >= 15 is 0 Å². The summed E-state index contributed by atoms with van der Waals surface area (Å²) in [6, 6.07) is 14.2. The minimum Gasteiger partial charge on any atom is -0.337 e. The Balaban J connectivity index is 1.47. The Labute approximate surface area is 191 Å². The molecule has 0 N–H and O–H groups in total. The number of urea groups is 1. The molecule has 0 bridgehead atoms. The first-order chi connectivity index (χ1) is 15.0. The Morgan fingerprint density at radius 2 is 2.00 bits per heavy atom. The summed E-state index contributed by atoms with van der Waals surface area (Å²) in [7, 11) is 0. The third kappa shape index (κ3) is 3.57. The lowest BCUT2D eigenvalue weighted by atomic mass is 10.1. The molecular formula is C22H17BrN4O3S. The van der Waals surface area contributed by atoms with Crippen molar-refractivity contribution in [2.75, 3.05) is 4.90 Å². The predicted octanol–water partition coefficient (Wildman–Crippen LogP) is 4.77. The molecule has 3 amide bonds. The normalized spacial score (nSPS) is 20.5. The predicted molar refractivity (Wildman–Crippen MR) is 121 cm³/mol. The van der Waals surface area contributed by atoms with Crippen molar-refractivity contribution >= 4 is 45.3 Å². The molecule has 0 radical (unpaired) electrons. The average molecular weight is 497 g/mol. The van der Waals surface area contributed by atoms with Crippen molar-refractivity contribution in [2.24, 2.45) is 0 Å². The number of aryl methyl sites for hydroxylation is 1. The number of hydrogen-bond acceptors (Lipinski definition) is 6.